The van der Waals surface area contributed by atoms with Crippen molar-refractivity contribution in [2.45, 2.75) is 26.3 Å². The summed E-state index contributed by atoms with van der Waals surface area (Å²) in [5.74, 6) is 0. The van der Waals surface area contributed by atoms with Crippen LogP contribution in [0.15, 0.2) is 36.4 Å². The van der Waals surface area contributed by atoms with Gasteiger partial charge in [0.05, 0.1) is 11.3 Å². The van der Waals surface area contributed by atoms with E-state index >= 15 is 0 Å². The van der Waals surface area contributed by atoms with E-state index in [1.54, 1.807) is 0 Å². The lowest BCUT2D eigenvalue weighted by Gasteiger charge is -2.15. The van der Waals surface area contributed by atoms with Crippen molar-refractivity contribution >= 4 is 17.0 Å². The van der Waals surface area contributed by atoms with Crippen molar-refractivity contribution in [3.05, 3.63) is 51.7 Å². The third-order valence-electron chi connectivity index (χ3n) is 2.75. The number of anilines is 1. The maximum absolute atomic E-state index is 9.04. The Hall–Kier alpha value is -1.79. The van der Waals surface area contributed by atoms with E-state index in [-0.39, 0.29) is 0 Å². The smallest absolute Gasteiger partial charge is 0.101 e. The van der Waals surface area contributed by atoms with Crippen molar-refractivity contribution in [1.82, 2.24) is 0 Å². The molecule has 1 unspecified atom stereocenters. The van der Waals surface area contributed by atoms with Crippen LogP contribution in [0.4, 0.5) is 5.69 Å². The van der Waals surface area contributed by atoms with Gasteiger partial charge >= 0.3 is 0 Å². The highest BCUT2D eigenvalue weighted by atomic mass is 32.1. The van der Waals surface area contributed by atoms with E-state index in [2.05, 4.69) is 37.4 Å². The summed E-state index contributed by atoms with van der Waals surface area (Å²) in [4.78, 5) is 2.72. The first-order chi connectivity index (χ1) is 8.69. The number of thiophene rings is 1. The number of rotatable bonds is 4. The lowest BCUT2D eigenvalue weighted by molar-refractivity contribution is 0.800. The summed E-state index contributed by atoms with van der Waals surface area (Å²) in [6, 6.07) is 14.5. The summed E-state index contributed by atoms with van der Waals surface area (Å²) in [5, 5.41) is 12.4. The van der Waals surface area contributed by atoms with E-state index in [0.29, 0.717) is 11.6 Å². The first kappa shape index (κ1) is 12.7. The Bertz CT molecular complexity index is 566. The molecule has 2 rings (SSSR count). The van der Waals surface area contributed by atoms with Gasteiger partial charge in [-0.1, -0.05) is 12.1 Å². The van der Waals surface area contributed by atoms with Gasteiger partial charge in [-0.25, -0.2) is 0 Å². The average Bonchev–Trinajstić information content (AvgIpc) is 2.75. The third-order valence-corrected chi connectivity index (χ3v) is 3.78. The number of hydrogen-bond donors (Lipinski definition) is 1. The van der Waals surface area contributed by atoms with Crippen LogP contribution in [0.2, 0.25) is 0 Å². The summed E-state index contributed by atoms with van der Waals surface area (Å²) < 4.78 is 0. The predicted octanol–water partition coefficient (Wildman–Crippen LogP) is 3.97. The van der Waals surface area contributed by atoms with E-state index in [9.17, 15) is 0 Å². The van der Waals surface area contributed by atoms with Gasteiger partial charge in [-0.3, -0.25) is 0 Å². The molecule has 1 N–H and O–H groups in total. The molecule has 0 aliphatic heterocycles. The number of nitriles is 1. The molecule has 0 spiro atoms. The van der Waals surface area contributed by atoms with E-state index in [4.69, 9.17) is 5.26 Å². The molecule has 0 saturated heterocycles. The van der Waals surface area contributed by atoms with Gasteiger partial charge in [0.2, 0.25) is 0 Å². The molecule has 18 heavy (non-hydrogen) atoms. The number of aryl methyl sites for hydroxylation is 1. The lowest BCUT2D eigenvalue weighted by Crippen LogP contribution is -2.18. The topological polar surface area (TPSA) is 35.8 Å². The van der Waals surface area contributed by atoms with Crippen LogP contribution in [-0.2, 0) is 6.42 Å². The van der Waals surface area contributed by atoms with Crippen LogP contribution in [-0.4, -0.2) is 6.04 Å². The number of nitrogens with zero attached hydrogens (tertiary/aromatic N) is 1. The molecule has 0 saturated carbocycles. The summed E-state index contributed by atoms with van der Waals surface area (Å²) in [6.07, 6.45) is 0.984. The van der Waals surface area contributed by atoms with Crippen LogP contribution in [0.25, 0.3) is 0 Å². The highest BCUT2D eigenvalue weighted by molar-refractivity contribution is 7.11. The van der Waals surface area contributed by atoms with Crippen LogP contribution in [0.3, 0.4) is 0 Å². The molecule has 1 aromatic carbocycles. The molecule has 0 aliphatic carbocycles. The number of hydrogen-bond acceptors (Lipinski definition) is 3. The highest BCUT2D eigenvalue weighted by Gasteiger charge is 2.07. The van der Waals surface area contributed by atoms with Crippen LogP contribution in [0.1, 0.15) is 22.2 Å². The largest absolute Gasteiger partial charge is 0.381 e. The van der Waals surface area contributed by atoms with Crippen molar-refractivity contribution < 1.29 is 0 Å². The average molecular weight is 256 g/mol. The van der Waals surface area contributed by atoms with Gasteiger partial charge in [0.1, 0.15) is 6.07 Å². The lowest BCUT2D eigenvalue weighted by atomic mass is 10.1. The van der Waals surface area contributed by atoms with Crippen molar-refractivity contribution in [2.24, 2.45) is 0 Å². The zero-order valence-electron chi connectivity index (χ0n) is 10.6. The van der Waals surface area contributed by atoms with Crippen LogP contribution < -0.4 is 5.32 Å². The van der Waals surface area contributed by atoms with Gasteiger partial charge in [0.25, 0.3) is 0 Å². The summed E-state index contributed by atoms with van der Waals surface area (Å²) in [6.45, 7) is 4.26. The van der Waals surface area contributed by atoms with Gasteiger partial charge in [-0.2, -0.15) is 5.26 Å². The highest BCUT2D eigenvalue weighted by Crippen LogP contribution is 2.20. The summed E-state index contributed by atoms with van der Waals surface area (Å²) in [7, 11) is 0. The molecule has 1 atom stereocenters. The Kier molecular flexibility index (Phi) is 4.01. The van der Waals surface area contributed by atoms with Crippen molar-refractivity contribution in [3.8, 4) is 6.07 Å². The van der Waals surface area contributed by atoms with Gasteiger partial charge < -0.3 is 5.32 Å². The van der Waals surface area contributed by atoms with Crippen LogP contribution in [0, 0.1) is 18.3 Å². The second-order valence-corrected chi connectivity index (χ2v) is 5.79. The van der Waals surface area contributed by atoms with Gasteiger partial charge in [-0.15, -0.1) is 11.3 Å². The van der Waals surface area contributed by atoms with E-state index in [1.807, 2.05) is 35.6 Å². The maximum atomic E-state index is 9.04. The molecule has 0 fully saturated rings. The molecule has 0 bridgehead atoms. The zero-order valence-corrected chi connectivity index (χ0v) is 11.4. The first-order valence-corrected chi connectivity index (χ1v) is 6.81. The molecule has 3 heteroatoms. The van der Waals surface area contributed by atoms with Gasteiger partial charge in [0, 0.05) is 22.2 Å². The molecule has 2 nitrogen and oxygen atoms in total. The third kappa shape index (κ3) is 3.12. The van der Waals surface area contributed by atoms with E-state index in [1.165, 1.54) is 9.75 Å². The van der Waals surface area contributed by atoms with E-state index in [0.717, 1.165) is 12.1 Å². The molecule has 0 aliphatic rings. The summed E-state index contributed by atoms with van der Waals surface area (Å²) in [5.41, 5.74) is 1.62. The van der Waals surface area contributed by atoms with Gasteiger partial charge in [-0.05, 0) is 38.1 Å². The Morgan fingerprint density at radius 2 is 2.06 bits per heavy atom. The Labute approximate surface area is 112 Å². The Balaban J connectivity index is 2.03. The molecule has 2 aromatic rings. The molecular weight excluding hydrogens is 240 g/mol. The van der Waals surface area contributed by atoms with Gasteiger partial charge in [0.15, 0.2) is 0 Å². The molecule has 0 radical (unpaired) electrons. The standard InChI is InChI=1S/C15H16N2S/c1-11(9-14-8-7-12(2)18-14)17-15-6-4-3-5-13(15)10-16/h3-8,11,17H,9H2,1-2H3. The minimum atomic E-state index is 0.317. The second-order valence-electron chi connectivity index (χ2n) is 4.42. The Morgan fingerprint density at radius 3 is 2.72 bits per heavy atom. The molecule has 1 heterocycles. The first-order valence-electron chi connectivity index (χ1n) is 6.00. The SMILES string of the molecule is Cc1ccc(CC(C)Nc2ccccc2C#N)s1. The fourth-order valence-electron chi connectivity index (χ4n) is 1.92. The van der Waals surface area contributed by atoms with Crippen molar-refractivity contribution in [2.75, 3.05) is 5.32 Å². The molecule has 92 valence electrons. The Morgan fingerprint density at radius 1 is 1.28 bits per heavy atom. The van der Waals surface area contributed by atoms with Crippen molar-refractivity contribution in [3.63, 3.8) is 0 Å². The number of nitrogens with one attached hydrogen (secondary N) is 1. The normalized spacial score (nSPS) is 11.8. The van der Waals surface area contributed by atoms with Crippen LogP contribution in [0.5, 0.6) is 0 Å². The minimum absolute atomic E-state index is 0.317. The molecule has 0 amide bonds. The van der Waals surface area contributed by atoms with E-state index < -0.39 is 0 Å². The monoisotopic (exact) mass is 256 g/mol. The number of benzene rings is 1. The summed E-state index contributed by atoms with van der Waals surface area (Å²) >= 11 is 1.83. The molecular formula is C15H16N2S. The minimum Gasteiger partial charge on any atom is -0.381 e. The molecule has 1 aromatic heterocycles. The fraction of sp³-hybridized carbons (Fsp3) is 0.267. The van der Waals surface area contributed by atoms with Crippen LogP contribution >= 0.6 is 11.3 Å². The maximum Gasteiger partial charge on any atom is 0.101 e. The number of para-hydroxylation sites is 1. The zero-order chi connectivity index (χ0) is 13.0. The van der Waals surface area contributed by atoms with Crippen molar-refractivity contribution in [1.29, 1.82) is 5.26 Å². The second kappa shape index (κ2) is 5.70. The quantitative estimate of drug-likeness (QED) is 0.898. The fourth-order valence-corrected chi connectivity index (χ4v) is 2.94. The predicted molar refractivity (Wildman–Crippen MR) is 77.0 cm³/mol.